The molecule has 10 nitrogen and oxygen atoms in total. The van der Waals surface area contributed by atoms with E-state index >= 15 is 0 Å². The molecule has 0 heterocycles. The Bertz CT molecular complexity index is 1260. The van der Waals surface area contributed by atoms with Crippen molar-refractivity contribution in [1.29, 1.82) is 0 Å². The van der Waals surface area contributed by atoms with Crippen LogP contribution in [0.25, 0.3) is 0 Å². The van der Waals surface area contributed by atoms with Gasteiger partial charge in [0.05, 0.1) is 19.3 Å². The molecule has 4 saturated carbocycles. The molecule has 0 aromatic carbocycles. The summed E-state index contributed by atoms with van der Waals surface area (Å²) in [6, 6.07) is 0. The molecule has 0 radical (unpaired) electrons. The van der Waals surface area contributed by atoms with Gasteiger partial charge in [-0.05, 0) is 68.3 Å². The van der Waals surface area contributed by atoms with Crippen molar-refractivity contribution in [1.82, 2.24) is 0 Å². The van der Waals surface area contributed by atoms with E-state index in [2.05, 4.69) is 0 Å². The van der Waals surface area contributed by atoms with Gasteiger partial charge in [-0.15, -0.1) is 0 Å². The number of fused-ring (bicyclic) bond motifs is 5. The van der Waals surface area contributed by atoms with E-state index in [4.69, 9.17) is 14.2 Å². The van der Waals surface area contributed by atoms with Gasteiger partial charge in [-0.1, -0.05) is 39.3 Å². The first kappa shape index (κ1) is 34.3. The Balaban J connectivity index is 2.01. The average molecular weight is 619 g/mol. The van der Waals surface area contributed by atoms with Crippen LogP contribution in [-0.2, 0) is 33.4 Å². The number of hydrogen-bond donors (Lipinski definition) is 3. The molecule has 4 rings (SSSR count). The molecule has 0 aromatic heterocycles. The Morgan fingerprint density at radius 2 is 1.61 bits per heavy atom. The number of carbonyl (C=O) groups excluding carboxylic acids is 4. The summed E-state index contributed by atoms with van der Waals surface area (Å²) in [4.78, 5) is 52.9. The van der Waals surface area contributed by atoms with E-state index in [0.29, 0.717) is 24.8 Å². The summed E-state index contributed by atoms with van der Waals surface area (Å²) in [6.45, 7) is 13.9. The maximum absolute atomic E-state index is 14.6. The maximum Gasteiger partial charge on any atom is 0.333 e. The second kappa shape index (κ2) is 12.0. The van der Waals surface area contributed by atoms with E-state index in [9.17, 15) is 34.5 Å². The smallest absolute Gasteiger partial charge is 0.333 e. The van der Waals surface area contributed by atoms with Gasteiger partial charge in [-0.3, -0.25) is 14.4 Å². The normalized spacial score (nSPS) is 44.0. The van der Waals surface area contributed by atoms with Crippen molar-refractivity contribution < 1.29 is 48.7 Å². The number of methoxy groups -OCH3 is 1. The number of Topliss-reactive ketones (excluding diaryl/α,β-unsaturated/α-hetero) is 1. The van der Waals surface area contributed by atoms with Crippen molar-refractivity contribution in [2.24, 2.45) is 39.9 Å². The summed E-state index contributed by atoms with van der Waals surface area (Å²) in [6.07, 6.45) is -2.02. The van der Waals surface area contributed by atoms with E-state index in [1.165, 1.54) is 21.0 Å². The van der Waals surface area contributed by atoms with E-state index < -0.39 is 94.1 Å². The fourth-order valence-electron chi connectivity index (χ4n) is 10.0. The molecule has 246 valence electrons. The molecule has 4 aliphatic rings. The van der Waals surface area contributed by atoms with Crippen LogP contribution in [0.15, 0.2) is 22.8 Å². The van der Waals surface area contributed by atoms with Gasteiger partial charge >= 0.3 is 17.9 Å². The molecule has 4 aliphatic carbocycles. The Kier molecular flexibility index (Phi) is 9.35. The first-order valence-corrected chi connectivity index (χ1v) is 15.7. The van der Waals surface area contributed by atoms with Gasteiger partial charge in [0.1, 0.15) is 18.3 Å². The molecule has 0 amide bonds. The van der Waals surface area contributed by atoms with Crippen molar-refractivity contribution in [3.05, 3.63) is 22.8 Å². The monoisotopic (exact) mass is 618 g/mol. The zero-order valence-electron chi connectivity index (χ0n) is 27.5. The number of ketones is 1. The molecular formula is C34H50O10. The fourth-order valence-corrected chi connectivity index (χ4v) is 10.0. The van der Waals surface area contributed by atoms with E-state index in [1.54, 1.807) is 0 Å². The number of esters is 3. The first-order chi connectivity index (χ1) is 20.4. The van der Waals surface area contributed by atoms with Crippen LogP contribution in [0.3, 0.4) is 0 Å². The summed E-state index contributed by atoms with van der Waals surface area (Å²) in [7, 11) is 1.26. The molecule has 0 saturated heterocycles. The number of aliphatic hydroxyl groups excluding tert-OH is 3. The van der Waals surface area contributed by atoms with Crippen LogP contribution < -0.4 is 0 Å². The van der Waals surface area contributed by atoms with Crippen LogP contribution in [0, 0.1) is 39.9 Å². The first-order valence-electron chi connectivity index (χ1n) is 15.7. The molecule has 4 fully saturated rings. The lowest BCUT2D eigenvalue weighted by molar-refractivity contribution is -0.284. The number of allylic oxidation sites excluding steroid dienone is 2. The highest BCUT2D eigenvalue weighted by atomic mass is 16.6. The molecular weight excluding hydrogens is 568 g/mol. The topological polar surface area (TPSA) is 157 Å². The number of aliphatic hydroxyl groups is 3. The Hall–Kier alpha value is -2.56. The minimum absolute atomic E-state index is 0.121. The van der Waals surface area contributed by atoms with Gasteiger partial charge in [-0.2, -0.15) is 0 Å². The molecule has 0 spiro atoms. The van der Waals surface area contributed by atoms with Crippen LogP contribution >= 0.6 is 0 Å². The highest BCUT2D eigenvalue weighted by Gasteiger charge is 2.78. The minimum atomic E-state index is -1.56. The summed E-state index contributed by atoms with van der Waals surface area (Å²) >= 11 is 0. The molecule has 0 bridgehead atoms. The van der Waals surface area contributed by atoms with Crippen LogP contribution in [-0.4, -0.2) is 76.6 Å². The Morgan fingerprint density at radius 1 is 1.00 bits per heavy atom. The third-order valence-electron chi connectivity index (χ3n) is 11.9. The minimum Gasteiger partial charge on any atom is -0.466 e. The molecule has 0 aliphatic heterocycles. The third-order valence-corrected chi connectivity index (χ3v) is 11.9. The number of ether oxygens (including phenoxy) is 3. The lowest BCUT2D eigenvalue weighted by Gasteiger charge is -2.70. The SMILES string of the molecule is COC(=O)C(CCC=C(C)C)=C1C2[C@@H](O)C(=O)C3[C@@]4(C)CC[C@@H](O)[C@@H](C)C4[C@@H](OC(C)=O)[C@H](O)[C@]3(C)[C@@]2(C)C[C@@H]1OC(C)=O. The quantitative estimate of drug-likeness (QED) is 0.174. The van der Waals surface area contributed by atoms with Gasteiger partial charge in [0.15, 0.2) is 5.78 Å². The fraction of sp³-hybridized carbons (Fsp3) is 0.765. The average Bonchev–Trinajstić information content (AvgIpc) is 3.22. The van der Waals surface area contributed by atoms with Crippen LogP contribution in [0.1, 0.15) is 87.5 Å². The Morgan fingerprint density at radius 3 is 2.16 bits per heavy atom. The summed E-state index contributed by atoms with van der Waals surface area (Å²) in [5, 5.41) is 35.3. The van der Waals surface area contributed by atoms with Crippen LogP contribution in [0.5, 0.6) is 0 Å². The lowest BCUT2D eigenvalue weighted by Crippen LogP contribution is -2.76. The van der Waals surface area contributed by atoms with Crippen LogP contribution in [0.4, 0.5) is 0 Å². The maximum atomic E-state index is 14.6. The van der Waals surface area contributed by atoms with Crippen molar-refractivity contribution in [2.75, 3.05) is 7.11 Å². The highest BCUT2D eigenvalue weighted by molar-refractivity contribution is 5.93. The van der Waals surface area contributed by atoms with E-state index in [-0.39, 0.29) is 18.4 Å². The van der Waals surface area contributed by atoms with Gasteiger partial charge in [0.25, 0.3) is 0 Å². The molecule has 3 unspecified atom stereocenters. The zero-order valence-corrected chi connectivity index (χ0v) is 27.5. The second-order valence-electron chi connectivity index (χ2n) is 14.5. The van der Waals surface area contributed by atoms with Crippen LogP contribution in [0.2, 0.25) is 0 Å². The van der Waals surface area contributed by atoms with Crippen molar-refractivity contribution >= 4 is 23.7 Å². The van der Waals surface area contributed by atoms with E-state index in [0.717, 1.165) is 5.57 Å². The van der Waals surface area contributed by atoms with Crippen molar-refractivity contribution in [3.63, 3.8) is 0 Å². The molecule has 10 heteroatoms. The van der Waals surface area contributed by atoms with Gasteiger partial charge in [0.2, 0.25) is 0 Å². The van der Waals surface area contributed by atoms with E-state index in [1.807, 2.05) is 47.6 Å². The summed E-state index contributed by atoms with van der Waals surface area (Å²) < 4.78 is 16.9. The zero-order chi connectivity index (χ0) is 33.1. The number of carbonyl (C=O) groups is 4. The van der Waals surface area contributed by atoms with Gasteiger partial charge in [0, 0.05) is 42.6 Å². The molecule has 12 atom stereocenters. The Labute approximate surface area is 260 Å². The number of hydrogen-bond acceptors (Lipinski definition) is 10. The summed E-state index contributed by atoms with van der Waals surface area (Å²) in [5.74, 6) is -5.11. The second-order valence-corrected chi connectivity index (χ2v) is 14.5. The third kappa shape index (κ3) is 5.05. The highest BCUT2D eigenvalue weighted by Crippen LogP contribution is 2.74. The van der Waals surface area contributed by atoms with Gasteiger partial charge in [-0.25, -0.2) is 4.79 Å². The lowest BCUT2D eigenvalue weighted by atomic mass is 9.35. The predicted octanol–water partition coefficient (Wildman–Crippen LogP) is 3.45. The molecule has 44 heavy (non-hydrogen) atoms. The summed E-state index contributed by atoms with van der Waals surface area (Å²) in [5.41, 5.74) is -1.61. The standard InChI is InChI=1S/C34H50O10/c1-16(2)11-10-12-20(31(41)42-9)23-22(43-18(4)35)15-33(7)25(23)26(38)27(39)29-32(6)14-13-21(37)17(3)24(32)28(44-19(5)36)30(40)34(29,33)8/h11,17,21-22,24-26,28-30,37-38,40H,10,12-15H2,1-9H3/t17-,21-,22+,24?,25?,26-,28-,29?,30+,32+,33+,34-/m1/s1. The largest absolute Gasteiger partial charge is 0.466 e. The molecule has 0 aromatic rings. The predicted molar refractivity (Wildman–Crippen MR) is 160 cm³/mol. The van der Waals surface area contributed by atoms with Gasteiger partial charge < -0.3 is 29.5 Å². The van der Waals surface area contributed by atoms with Crippen molar-refractivity contribution in [2.45, 2.75) is 118 Å². The molecule has 3 N–H and O–H groups in total. The van der Waals surface area contributed by atoms with Crippen molar-refractivity contribution in [3.8, 4) is 0 Å². The number of rotatable bonds is 6.